The molecular formula is C16H22BrNO2. The predicted octanol–water partition coefficient (Wildman–Crippen LogP) is 3.38. The van der Waals surface area contributed by atoms with Crippen molar-refractivity contribution in [3.8, 4) is 5.75 Å². The fourth-order valence-electron chi connectivity index (χ4n) is 2.72. The summed E-state index contributed by atoms with van der Waals surface area (Å²) >= 11 is 3.58. The molecule has 0 saturated heterocycles. The zero-order chi connectivity index (χ0) is 14.2. The standard InChI is InChI=1S/C16H22BrNO2/c17-10-13-6-4-5-7-14(13)11-18-16(19)12-20-15-8-2-1-3-9-15/h1-3,8-9,13-14H,4-7,10-12H2,(H,18,19). The van der Waals surface area contributed by atoms with Crippen LogP contribution < -0.4 is 10.1 Å². The molecule has 1 aromatic carbocycles. The molecule has 1 amide bonds. The number of para-hydroxylation sites is 1. The van der Waals surface area contributed by atoms with Crippen molar-refractivity contribution in [2.45, 2.75) is 25.7 Å². The Morgan fingerprint density at radius 2 is 1.90 bits per heavy atom. The van der Waals surface area contributed by atoms with E-state index in [1.54, 1.807) is 0 Å². The maximum Gasteiger partial charge on any atom is 0.257 e. The van der Waals surface area contributed by atoms with Crippen LogP contribution in [0, 0.1) is 11.8 Å². The molecule has 1 aliphatic carbocycles. The van der Waals surface area contributed by atoms with Crippen LogP contribution >= 0.6 is 15.9 Å². The molecule has 0 spiro atoms. The Bertz CT molecular complexity index is 410. The van der Waals surface area contributed by atoms with Crippen LogP contribution in [0.3, 0.4) is 0 Å². The number of nitrogens with one attached hydrogen (secondary N) is 1. The van der Waals surface area contributed by atoms with E-state index in [0.29, 0.717) is 11.8 Å². The first-order valence-corrected chi connectivity index (χ1v) is 8.42. The molecule has 110 valence electrons. The second-order valence-corrected chi connectivity index (χ2v) is 6.01. The Labute approximate surface area is 129 Å². The van der Waals surface area contributed by atoms with E-state index in [9.17, 15) is 4.79 Å². The monoisotopic (exact) mass is 339 g/mol. The molecule has 1 fully saturated rings. The number of amides is 1. The first kappa shape index (κ1) is 15.4. The van der Waals surface area contributed by atoms with Gasteiger partial charge in [-0.25, -0.2) is 0 Å². The highest BCUT2D eigenvalue weighted by molar-refractivity contribution is 9.09. The molecule has 1 aliphatic rings. The summed E-state index contributed by atoms with van der Waals surface area (Å²) in [5.41, 5.74) is 0. The van der Waals surface area contributed by atoms with Crippen LogP contribution in [0.2, 0.25) is 0 Å². The number of carbonyl (C=O) groups is 1. The minimum absolute atomic E-state index is 0.0345. The van der Waals surface area contributed by atoms with Crippen molar-refractivity contribution in [1.29, 1.82) is 0 Å². The van der Waals surface area contributed by atoms with E-state index in [4.69, 9.17) is 4.74 Å². The highest BCUT2D eigenvalue weighted by Crippen LogP contribution is 2.30. The quantitative estimate of drug-likeness (QED) is 0.807. The largest absolute Gasteiger partial charge is 0.484 e. The summed E-state index contributed by atoms with van der Waals surface area (Å²) in [7, 11) is 0. The summed E-state index contributed by atoms with van der Waals surface area (Å²) in [6.45, 7) is 0.864. The van der Waals surface area contributed by atoms with Gasteiger partial charge in [-0.2, -0.15) is 0 Å². The van der Waals surface area contributed by atoms with Gasteiger partial charge in [-0.1, -0.05) is 47.0 Å². The first-order valence-electron chi connectivity index (χ1n) is 7.30. The average molecular weight is 340 g/mol. The zero-order valence-electron chi connectivity index (χ0n) is 11.7. The van der Waals surface area contributed by atoms with Gasteiger partial charge in [-0.15, -0.1) is 0 Å². The van der Waals surface area contributed by atoms with E-state index in [0.717, 1.165) is 17.6 Å². The summed E-state index contributed by atoms with van der Waals surface area (Å²) in [5.74, 6) is 1.99. The SMILES string of the molecule is O=C(COc1ccccc1)NCC1CCCCC1CBr. The van der Waals surface area contributed by atoms with E-state index >= 15 is 0 Å². The van der Waals surface area contributed by atoms with Crippen LogP contribution in [0.1, 0.15) is 25.7 Å². The van der Waals surface area contributed by atoms with Crippen molar-refractivity contribution >= 4 is 21.8 Å². The van der Waals surface area contributed by atoms with Crippen molar-refractivity contribution < 1.29 is 9.53 Å². The number of alkyl halides is 1. The van der Waals surface area contributed by atoms with Crippen molar-refractivity contribution in [3.05, 3.63) is 30.3 Å². The van der Waals surface area contributed by atoms with E-state index in [2.05, 4.69) is 21.2 Å². The van der Waals surface area contributed by atoms with Gasteiger partial charge in [-0.05, 0) is 36.8 Å². The van der Waals surface area contributed by atoms with Crippen molar-refractivity contribution in [3.63, 3.8) is 0 Å². The fourth-order valence-corrected chi connectivity index (χ4v) is 3.57. The van der Waals surface area contributed by atoms with E-state index in [-0.39, 0.29) is 12.5 Å². The second-order valence-electron chi connectivity index (χ2n) is 5.36. The van der Waals surface area contributed by atoms with E-state index < -0.39 is 0 Å². The predicted molar refractivity (Wildman–Crippen MR) is 84.2 cm³/mol. The van der Waals surface area contributed by atoms with Gasteiger partial charge in [-0.3, -0.25) is 4.79 Å². The molecule has 2 atom stereocenters. The molecule has 1 saturated carbocycles. The smallest absolute Gasteiger partial charge is 0.257 e. The number of halogens is 1. The van der Waals surface area contributed by atoms with Gasteiger partial charge in [0.05, 0.1) is 0 Å². The zero-order valence-corrected chi connectivity index (χ0v) is 13.3. The molecule has 1 aromatic rings. The number of ether oxygens (including phenoxy) is 1. The third-order valence-corrected chi connectivity index (χ3v) is 4.77. The Morgan fingerprint density at radius 1 is 1.20 bits per heavy atom. The van der Waals surface area contributed by atoms with Crippen LogP contribution in [0.15, 0.2) is 30.3 Å². The van der Waals surface area contributed by atoms with Crippen molar-refractivity contribution in [2.75, 3.05) is 18.5 Å². The lowest BCUT2D eigenvalue weighted by molar-refractivity contribution is -0.123. The third kappa shape index (κ3) is 4.82. The van der Waals surface area contributed by atoms with Crippen molar-refractivity contribution in [1.82, 2.24) is 5.32 Å². The summed E-state index contributed by atoms with van der Waals surface area (Å²) in [6.07, 6.45) is 5.09. The normalized spacial score (nSPS) is 22.2. The molecule has 3 nitrogen and oxygen atoms in total. The summed E-state index contributed by atoms with van der Waals surface area (Å²) in [5, 5.41) is 4.04. The molecule has 2 rings (SSSR count). The highest BCUT2D eigenvalue weighted by Gasteiger charge is 2.24. The fraction of sp³-hybridized carbons (Fsp3) is 0.562. The highest BCUT2D eigenvalue weighted by atomic mass is 79.9. The minimum Gasteiger partial charge on any atom is -0.484 e. The molecule has 2 unspecified atom stereocenters. The lowest BCUT2D eigenvalue weighted by Crippen LogP contribution is -2.37. The molecule has 4 heteroatoms. The minimum atomic E-state index is -0.0345. The van der Waals surface area contributed by atoms with Crippen LogP contribution in [0.4, 0.5) is 0 Å². The molecule has 0 aromatic heterocycles. The maximum absolute atomic E-state index is 11.8. The van der Waals surface area contributed by atoms with Gasteiger partial charge in [0.25, 0.3) is 5.91 Å². The second kappa shape index (κ2) is 8.30. The summed E-state index contributed by atoms with van der Waals surface area (Å²) in [4.78, 5) is 11.8. The molecule has 0 bridgehead atoms. The maximum atomic E-state index is 11.8. The topological polar surface area (TPSA) is 38.3 Å². The van der Waals surface area contributed by atoms with Gasteiger partial charge in [0, 0.05) is 11.9 Å². The van der Waals surface area contributed by atoms with E-state index in [1.165, 1.54) is 25.7 Å². The number of hydrogen-bond acceptors (Lipinski definition) is 2. The third-order valence-electron chi connectivity index (χ3n) is 3.94. The van der Waals surface area contributed by atoms with Gasteiger partial charge >= 0.3 is 0 Å². The molecule has 0 heterocycles. The number of carbonyl (C=O) groups excluding carboxylic acids is 1. The lowest BCUT2D eigenvalue weighted by atomic mass is 9.80. The van der Waals surface area contributed by atoms with Crippen molar-refractivity contribution in [2.24, 2.45) is 11.8 Å². The Kier molecular flexibility index (Phi) is 6.37. The van der Waals surface area contributed by atoms with Gasteiger partial charge in [0.2, 0.25) is 0 Å². The summed E-state index contributed by atoms with van der Waals surface area (Å²) < 4.78 is 5.44. The molecule has 20 heavy (non-hydrogen) atoms. The first-order chi connectivity index (χ1) is 9.79. The molecule has 1 N–H and O–H groups in total. The van der Waals surface area contributed by atoms with Gasteiger partial charge in [0.15, 0.2) is 6.61 Å². The Hall–Kier alpha value is -1.03. The van der Waals surface area contributed by atoms with Crippen LogP contribution in [-0.4, -0.2) is 24.4 Å². The Morgan fingerprint density at radius 3 is 2.60 bits per heavy atom. The van der Waals surface area contributed by atoms with Gasteiger partial charge < -0.3 is 10.1 Å². The molecule has 0 radical (unpaired) electrons. The lowest BCUT2D eigenvalue weighted by Gasteiger charge is -2.30. The van der Waals surface area contributed by atoms with E-state index in [1.807, 2.05) is 30.3 Å². The van der Waals surface area contributed by atoms with Gasteiger partial charge in [0.1, 0.15) is 5.75 Å². The number of benzene rings is 1. The van der Waals surface area contributed by atoms with Crippen LogP contribution in [0.25, 0.3) is 0 Å². The Balaban J connectivity index is 1.69. The number of rotatable bonds is 6. The number of hydrogen-bond donors (Lipinski definition) is 1. The van der Waals surface area contributed by atoms with Crippen LogP contribution in [0.5, 0.6) is 5.75 Å². The molecule has 0 aliphatic heterocycles. The summed E-state index contributed by atoms with van der Waals surface area (Å²) in [6, 6.07) is 9.44. The van der Waals surface area contributed by atoms with Crippen LogP contribution in [-0.2, 0) is 4.79 Å². The average Bonchev–Trinajstić information content (AvgIpc) is 2.52. The molecular weight excluding hydrogens is 318 g/mol.